The zero-order valence-corrected chi connectivity index (χ0v) is 15.8. The van der Waals surface area contributed by atoms with Gasteiger partial charge in [0.1, 0.15) is 11.6 Å². The summed E-state index contributed by atoms with van der Waals surface area (Å²) in [5.41, 5.74) is 5.80. The van der Waals surface area contributed by atoms with Crippen LogP contribution >= 0.6 is 11.3 Å². The highest BCUT2D eigenvalue weighted by Gasteiger charge is 2.48. The Hall–Kier alpha value is -2.79. The molecule has 5 nitrogen and oxygen atoms in total. The van der Waals surface area contributed by atoms with Gasteiger partial charge >= 0.3 is 0 Å². The Morgan fingerprint density at radius 3 is 2.52 bits per heavy atom. The average molecular weight is 388 g/mol. The Bertz CT molecular complexity index is 955. The minimum absolute atomic E-state index is 0.0716. The SMILES string of the molecule is CN1C(=O)[C@H](c2ccc(C(C)(F)F)cc2)[C@@](C)(c2cc(C#N)cs2)N=C1N. The van der Waals surface area contributed by atoms with Crippen molar-refractivity contribution in [3.05, 3.63) is 57.3 Å². The lowest BCUT2D eigenvalue weighted by Gasteiger charge is -2.40. The van der Waals surface area contributed by atoms with Crippen LogP contribution in [0.4, 0.5) is 8.78 Å². The van der Waals surface area contributed by atoms with E-state index in [9.17, 15) is 13.6 Å². The Labute approximate surface area is 159 Å². The standard InChI is InChI=1S/C19H18F2N4OS/c1-18(14-8-11(9-22)10-27-14)15(16(26)25(3)17(23)24-18)12-4-6-13(7-5-12)19(2,20)21/h4-8,10,15H,1-3H3,(H2,23,24)/t15-,18+/m0/s1. The number of rotatable bonds is 3. The molecular formula is C19H18F2N4OS. The predicted molar refractivity (Wildman–Crippen MR) is 99.5 cm³/mol. The van der Waals surface area contributed by atoms with E-state index in [4.69, 9.17) is 11.0 Å². The van der Waals surface area contributed by atoms with E-state index in [0.717, 1.165) is 6.92 Å². The third-order valence-corrected chi connectivity index (χ3v) is 5.97. The minimum Gasteiger partial charge on any atom is -0.369 e. The first kappa shape index (κ1) is 19.0. The molecule has 1 aliphatic heterocycles. The van der Waals surface area contributed by atoms with Crippen molar-refractivity contribution in [1.82, 2.24) is 4.90 Å². The number of benzene rings is 1. The molecular weight excluding hydrogens is 370 g/mol. The normalized spacial score (nSPS) is 23.1. The van der Waals surface area contributed by atoms with Crippen LogP contribution in [-0.2, 0) is 16.3 Å². The van der Waals surface area contributed by atoms with E-state index < -0.39 is 17.4 Å². The van der Waals surface area contributed by atoms with Crippen molar-refractivity contribution in [2.75, 3.05) is 7.05 Å². The van der Waals surface area contributed by atoms with E-state index in [1.165, 1.54) is 47.5 Å². The number of carbonyl (C=O) groups is 1. The van der Waals surface area contributed by atoms with Gasteiger partial charge in [0.05, 0.1) is 11.5 Å². The molecule has 0 bridgehead atoms. The third-order valence-electron chi connectivity index (χ3n) is 4.81. The summed E-state index contributed by atoms with van der Waals surface area (Å²) in [5.74, 6) is -3.93. The molecule has 0 saturated heterocycles. The van der Waals surface area contributed by atoms with Crippen LogP contribution in [0.3, 0.4) is 0 Å². The molecule has 0 fully saturated rings. The number of aliphatic imine (C=N–C) groups is 1. The van der Waals surface area contributed by atoms with Crippen molar-refractivity contribution >= 4 is 23.2 Å². The van der Waals surface area contributed by atoms with Crippen molar-refractivity contribution in [3.63, 3.8) is 0 Å². The van der Waals surface area contributed by atoms with Crippen molar-refractivity contribution in [2.24, 2.45) is 10.7 Å². The fourth-order valence-corrected chi connectivity index (χ4v) is 4.19. The van der Waals surface area contributed by atoms with Crippen molar-refractivity contribution in [3.8, 4) is 6.07 Å². The molecule has 0 saturated carbocycles. The van der Waals surface area contributed by atoms with E-state index in [-0.39, 0.29) is 17.4 Å². The molecule has 1 amide bonds. The molecule has 8 heteroatoms. The number of nitrogens with zero attached hydrogens (tertiary/aromatic N) is 3. The molecule has 2 heterocycles. The van der Waals surface area contributed by atoms with Crippen molar-refractivity contribution in [1.29, 1.82) is 5.26 Å². The highest BCUT2D eigenvalue weighted by atomic mass is 32.1. The van der Waals surface area contributed by atoms with Gasteiger partial charge in [-0.25, -0.2) is 13.8 Å². The quantitative estimate of drug-likeness (QED) is 0.873. The molecule has 0 spiro atoms. The number of thiophene rings is 1. The average Bonchev–Trinajstić information content (AvgIpc) is 3.09. The van der Waals surface area contributed by atoms with Gasteiger partial charge in [0.25, 0.3) is 5.92 Å². The minimum atomic E-state index is -2.97. The number of nitriles is 1. The molecule has 1 aliphatic rings. The van der Waals surface area contributed by atoms with Crippen LogP contribution in [0.1, 0.15) is 41.3 Å². The van der Waals surface area contributed by atoms with Gasteiger partial charge in [0.2, 0.25) is 5.91 Å². The van der Waals surface area contributed by atoms with E-state index in [1.807, 2.05) is 0 Å². The largest absolute Gasteiger partial charge is 0.369 e. The van der Waals surface area contributed by atoms with Crippen LogP contribution in [0.2, 0.25) is 0 Å². The molecule has 0 unspecified atom stereocenters. The summed E-state index contributed by atoms with van der Waals surface area (Å²) in [6.45, 7) is 2.59. The highest BCUT2D eigenvalue weighted by molar-refractivity contribution is 7.10. The van der Waals surface area contributed by atoms with Crippen LogP contribution in [0.25, 0.3) is 0 Å². The predicted octanol–water partition coefficient (Wildman–Crippen LogP) is 3.52. The smallest absolute Gasteiger partial charge is 0.270 e. The Balaban J connectivity index is 2.15. The van der Waals surface area contributed by atoms with Gasteiger partial charge < -0.3 is 5.73 Å². The maximum absolute atomic E-state index is 13.5. The molecule has 2 atom stereocenters. The zero-order valence-electron chi connectivity index (χ0n) is 15.0. The number of alkyl halides is 2. The zero-order chi connectivity index (χ0) is 20.0. The number of hydrogen-bond acceptors (Lipinski definition) is 5. The summed E-state index contributed by atoms with van der Waals surface area (Å²) in [5, 5.41) is 10.8. The summed E-state index contributed by atoms with van der Waals surface area (Å²) in [6, 6.07) is 9.44. The second-order valence-corrected chi connectivity index (χ2v) is 7.68. The van der Waals surface area contributed by atoms with E-state index in [1.54, 1.807) is 18.4 Å². The fourth-order valence-electron chi connectivity index (χ4n) is 3.22. The van der Waals surface area contributed by atoms with Crippen LogP contribution in [0, 0.1) is 11.3 Å². The van der Waals surface area contributed by atoms with E-state index in [0.29, 0.717) is 16.0 Å². The molecule has 1 aromatic heterocycles. The first-order chi connectivity index (χ1) is 12.6. The first-order valence-corrected chi connectivity index (χ1v) is 9.06. The van der Waals surface area contributed by atoms with Gasteiger partial charge in [-0.15, -0.1) is 11.3 Å². The van der Waals surface area contributed by atoms with Crippen LogP contribution in [-0.4, -0.2) is 23.8 Å². The van der Waals surface area contributed by atoms with E-state index in [2.05, 4.69) is 11.1 Å². The summed E-state index contributed by atoms with van der Waals surface area (Å²) < 4.78 is 27.1. The van der Waals surface area contributed by atoms with Gasteiger partial charge in [-0.2, -0.15) is 5.26 Å². The fraction of sp³-hybridized carbons (Fsp3) is 0.316. The van der Waals surface area contributed by atoms with Crippen molar-refractivity contribution in [2.45, 2.75) is 31.2 Å². The molecule has 0 radical (unpaired) electrons. The van der Waals surface area contributed by atoms with Gasteiger partial charge in [0.15, 0.2) is 5.96 Å². The lowest BCUT2D eigenvalue weighted by atomic mass is 9.77. The van der Waals surface area contributed by atoms with Gasteiger partial charge in [-0.3, -0.25) is 9.69 Å². The monoisotopic (exact) mass is 388 g/mol. The summed E-state index contributed by atoms with van der Waals surface area (Å²) >= 11 is 1.31. The maximum atomic E-state index is 13.5. The molecule has 2 N–H and O–H groups in total. The number of nitrogens with two attached hydrogens (primary N) is 1. The number of carbonyl (C=O) groups excluding carboxylic acids is 1. The summed E-state index contributed by atoms with van der Waals surface area (Å²) in [4.78, 5) is 19.5. The molecule has 1 aromatic carbocycles. The molecule has 3 rings (SSSR count). The van der Waals surface area contributed by atoms with Crippen LogP contribution in [0.5, 0.6) is 0 Å². The van der Waals surface area contributed by atoms with E-state index >= 15 is 0 Å². The number of amides is 1. The molecule has 2 aromatic rings. The number of halogens is 2. The summed E-state index contributed by atoms with van der Waals surface area (Å²) in [7, 11) is 1.53. The number of guanidine groups is 1. The Morgan fingerprint density at radius 1 is 1.37 bits per heavy atom. The third kappa shape index (κ3) is 3.19. The first-order valence-electron chi connectivity index (χ1n) is 8.18. The lowest BCUT2D eigenvalue weighted by Crippen LogP contribution is -2.52. The summed E-state index contributed by atoms with van der Waals surface area (Å²) in [6.07, 6.45) is 0. The Kier molecular flexibility index (Phi) is 4.52. The highest BCUT2D eigenvalue weighted by Crippen LogP contribution is 2.46. The van der Waals surface area contributed by atoms with Crippen LogP contribution in [0.15, 0.2) is 40.7 Å². The van der Waals surface area contributed by atoms with Crippen molar-refractivity contribution < 1.29 is 13.6 Å². The molecule has 27 heavy (non-hydrogen) atoms. The van der Waals surface area contributed by atoms with Crippen LogP contribution < -0.4 is 5.73 Å². The number of likely N-dealkylation sites (N-methyl/N-ethyl adjacent to an activating group) is 1. The Morgan fingerprint density at radius 2 is 2.00 bits per heavy atom. The van der Waals surface area contributed by atoms with Gasteiger partial charge in [-0.1, -0.05) is 24.3 Å². The number of hydrogen-bond donors (Lipinski definition) is 1. The van der Waals surface area contributed by atoms with Gasteiger partial charge in [0, 0.05) is 29.8 Å². The molecule has 140 valence electrons. The second kappa shape index (κ2) is 6.43. The maximum Gasteiger partial charge on any atom is 0.270 e. The lowest BCUT2D eigenvalue weighted by molar-refractivity contribution is -0.130. The van der Waals surface area contributed by atoms with Gasteiger partial charge in [-0.05, 0) is 18.6 Å². The topological polar surface area (TPSA) is 82.5 Å². The molecule has 0 aliphatic carbocycles. The second-order valence-electron chi connectivity index (χ2n) is 6.77.